The van der Waals surface area contributed by atoms with Crippen molar-refractivity contribution in [1.29, 1.82) is 0 Å². The molecule has 1 atom stereocenters. The Labute approximate surface area is 179 Å². The Morgan fingerprint density at radius 1 is 1.16 bits per heavy atom. The largest absolute Gasteiger partial charge is 0.493 e. The lowest BCUT2D eigenvalue weighted by atomic mass is 10.0. The van der Waals surface area contributed by atoms with Gasteiger partial charge in [0.2, 0.25) is 0 Å². The van der Waals surface area contributed by atoms with Crippen LogP contribution in [0.1, 0.15) is 30.9 Å². The highest BCUT2D eigenvalue weighted by Crippen LogP contribution is 2.30. The van der Waals surface area contributed by atoms with Crippen molar-refractivity contribution in [2.45, 2.75) is 39.1 Å². The zero-order valence-electron chi connectivity index (χ0n) is 18.0. The molecular weight excluding hydrogens is 415 g/mol. The summed E-state index contributed by atoms with van der Waals surface area (Å²) in [5.74, 6) is 1.79. The summed E-state index contributed by atoms with van der Waals surface area (Å²) in [4.78, 5) is 4.45. The molecule has 31 heavy (non-hydrogen) atoms. The molecule has 0 fully saturated rings. The first-order valence-corrected chi connectivity index (χ1v) is 9.72. The van der Waals surface area contributed by atoms with E-state index in [1.54, 1.807) is 38.1 Å². The van der Waals surface area contributed by atoms with Crippen molar-refractivity contribution in [1.82, 2.24) is 10.6 Å². The highest BCUT2D eigenvalue weighted by atomic mass is 19.4. The zero-order chi connectivity index (χ0) is 23.1. The number of halogens is 3. The van der Waals surface area contributed by atoms with Crippen LogP contribution < -0.4 is 20.1 Å². The highest BCUT2D eigenvalue weighted by Gasteiger charge is 2.29. The topological polar surface area (TPSA) is 88.3 Å². The first-order chi connectivity index (χ1) is 14.5. The van der Waals surface area contributed by atoms with Crippen molar-refractivity contribution < 1.29 is 32.2 Å². The third-order valence-electron chi connectivity index (χ3n) is 4.25. The Morgan fingerprint density at radius 3 is 2.48 bits per heavy atom. The number of benzene rings is 1. The van der Waals surface area contributed by atoms with Gasteiger partial charge < -0.3 is 29.6 Å². The summed E-state index contributed by atoms with van der Waals surface area (Å²) >= 11 is 0. The number of aliphatic hydroxyl groups is 1. The van der Waals surface area contributed by atoms with E-state index in [1.807, 2.05) is 6.92 Å². The number of aliphatic imine (C=N–C) groups is 1. The van der Waals surface area contributed by atoms with Crippen LogP contribution in [0.4, 0.5) is 13.2 Å². The van der Waals surface area contributed by atoms with E-state index in [0.29, 0.717) is 29.6 Å². The maximum Gasteiger partial charge on any atom is 0.422 e. The first kappa shape index (κ1) is 24.4. The van der Waals surface area contributed by atoms with Crippen LogP contribution in [0.2, 0.25) is 0 Å². The number of rotatable bonds is 9. The molecule has 0 radical (unpaired) electrons. The van der Waals surface area contributed by atoms with Crippen LogP contribution in [-0.4, -0.2) is 44.0 Å². The molecule has 10 heteroatoms. The fourth-order valence-corrected chi connectivity index (χ4v) is 2.67. The van der Waals surface area contributed by atoms with Crippen LogP contribution >= 0.6 is 0 Å². The Hall–Kier alpha value is -2.88. The monoisotopic (exact) mass is 443 g/mol. The van der Waals surface area contributed by atoms with E-state index in [-0.39, 0.29) is 24.6 Å². The average molecular weight is 443 g/mol. The third kappa shape index (κ3) is 7.71. The van der Waals surface area contributed by atoms with Gasteiger partial charge in [0.25, 0.3) is 0 Å². The van der Waals surface area contributed by atoms with Crippen molar-refractivity contribution >= 4 is 5.96 Å². The molecule has 0 bridgehead atoms. The normalized spacial score (nSPS) is 14.1. The van der Waals surface area contributed by atoms with Gasteiger partial charge in [-0.2, -0.15) is 13.2 Å². The van der Waals surface area contributed by atoms with Gasteiger partial charge in [-0.15, -0.1) is 0 Å². The van der Waals surface area contributed by atoms with Crippen LogP contribution in [0, 0.1) is 6.92 Å². The number of furan rings is 1. The number of nitrogens with one attached hydrogen (secondary N) is 2. The summed E-state index contributed by atoms with van der Waals surface area (Å²) in [6.45, 7) is 4.91. The lowest BCUT2D eigenvalue weighted by Crippen LogP contribution is -2.44. The van der Waals surface area contributed by atoms with E-state index >= 15 is 0 Å². The number of ether oxygens (including phenoxy) is 2. The molecule has 2 aromatic rings. The van der Waals surface area contributed by atoms with Gasteiger partial charge in [0.1, 0.15) is 17.1 Å². The molecule has 7 nitrogen and oxygen atoms in total. The second-order valence-electron chi connectivity index (χ2n) is 7.12. The van der Waals surface area contributed by atoms with Gasteiger partial charge in [-0.1, -0.05) is 6.07 Å². The molecule has 3 N–H and O–H groups in total. The second kappa shape index (κ2) is 10.4. The molecule has 0 aliphatic heterocycles. The summed E-state index contributed by atoms with van der Waals surface area (Å²) in [5, 5.41) is 16.8. The fourth-order valence-electron chi connectivity index (χ4n) is 2.67. The van der Waals surface area contributed by atoms with Gasteiger partial charge in [-0.05, 0) is 50.6 Å². The van der Waals surface area contributed by atoms with Crippen molar-refractivity contribution in [3.05, 3.63) is 47.4 Å². The number of methoxy groups -OCH3 is 1. The Bertz CT molecular complexity index is 879. The van der Waals surface area contributed by atoms with Crippen molar-refractivity contribution in [3.63, 3.8) is 0 Å². The van der Waals surface area contributed by atoms with E-state index < -0.39 is 18.4 Å². The minimum Gasteiger partial charge on any atom is -0.493 e. The van der Waals surface area contributed by atoms with Crippen LogP contribution in [0.3, 0.4) is 0 Å². The summed E-state index contributed by atoms with van der Waals surface area (Å²) in [5.41, 5.74) is -0.535. The lowest BCUT2D eigenvalue weighted by molar-refractivity contribution is -0.153. The second-order valence-corrected chi connectivity index (χ2v) is 7.12. The van der Waals surface area contributed by atoms with Gasteiger partial charge in [0.15, 0.2) is 24.1 Å². The van der Waals surface area contributed by atoms with Crippen LogP contribution in [0.5, 0.6) is 11.5 Å². The molecule has 0 amide bonds. The third-order valence-corrected chi connectivity index (χ3v) is 4.25. The first-order valence-electron chi connectivity index (χ1n) is 9.72. The van der Waals surface area contributed by atoms with Gasteiger partial charge in [-0.3, -0.25) is 0 Å². The number of hydrogen-bond acceptors (Lipinski definition) is 5. The molecule has 0 aliphatic carbocycles. The molecule has 0 spiro atoms. The van der Waals surface area contributed by atoms with Crippen LogP contribution in [0.15, 0.2) is 39.7 Å². The molecule has 0 aliphatic rings. The van der Waals surface area contributed by atoms with Gasteiger partial charge >= 0.3 is 6.18 Å². The predicted molar refractivity (Wildman–Crippen MR) is 110 cm³/mol. The Kier molecular flexibility index (Phi) is 8.21. The minimum absolute atomic E-state index is 0.00220. The summed E-state index contributed by atoms with van der Waals surface area (Å²) in [6.07, 6.45) is -4.43. The molecule has 1 aromatic heterocycles. The molecule has 1 unspecified atom stereocenters. The van der Waals surface area contributed by atoms with E-state index in [0.717, 1.165) is 0 Å². The summed E-state index contributed by atoms with van der Waals surface area (Å²) < 4.78 is 52.6. The average Bonchev–Trinajstić information content (AvgIpc) is 3.15. The molecule has 2 rings (SSSR count). The van der Waals surface area contributed by atoms with E-state index in [2.05, 4.69) is 15.6 Å². The maximum absolute atomic E-state index is 12.4. The van der Waals surface area contributed by atoms with Crippen LogP contribution in [0.25, 0.3) is 0 Å². The molecule has 0 saturated carbocycles. The predicted octanol–water partition coefficient (Wildman–Crippen LogP) is 3.50. The smallest absolute Gasteiger partial charge is 0.422 e. The van der Waals surface area contributed by atoms with Crippen molar-refractivity contribution in [3.8, 4) is 11.5 Å². The lowest BCUT2D eigenvalue weighted by Gasteiger charge is -2.23. The van der Waals surface area contributed by atoms with Crippen LogP contribution in [-0.2, 0) is 12.1 Å². The van der Waals surface area contributed by atoms with Gasteiger partial charge in [0, 0.05) is 6.54 Å². The van der Waals surface area contributed by atoms with E-state index in [1.165, 1.54) is 13.2 Å². The standard InChI is InChI=1S/C21H28F3N3O4/c1-5-25-19(27-12-20(3,28)18-9-6-14(2)31-18)26-11-15-7-8-16(17(10-15)29-4)30-13-21(22,23)24/h6-10,28H,5,11-13H2,1-4H3,(H2,25,26,27). The molecular formula is C21H28F3N3O4. The molecule has 0 saturated heterocycles. The summed E-state index contributed by atoms with van der Waals surface area (Å²) in [6, 6.07) is 8.10. The number of alkyl halides is 3. The number of nitrogens with zero attached hydrogens (tertiary/aromatic N) is 1. The summed E-state index contributed by atoms with van der Waals surface area (Å²) in [7, 11) is 1.35. The van der Waals surface area contributed by atoms with Gasteiger partial charge in [-0.25, -0.2) is 4.99 Å². The number of guanidine groups is 1. The van der Waals surface area contributed by atoms with E-state index in [9.17, 15) is 18.3 Å². The van der Waals surface area contributed by atoms with Gasteiger partial charge in [0.05, 0.1) is 20.2 Å². The molecule has 1 aromatic carbocycles. The van der Waals surface area contributed by atoms with Crippen molar-refractivity contribution in [2.75, 3.05) is 26.8 Å². The Balaban J connectivity index is 2.05. The molecule has 1 heterocycles. The maximum atomic E-state index is 12.4. The van der Waals surface area contributed by atoms with E-state index in [4.69, 9.17) is 13.9 Å². The minimum atomic E-state index is -4.43. The number of aryl methyl sites for hydroxylation is 1. The quantitative estimate of drug-likeness (QED) is 0.406. The highest BCUT2D eigenvalue weighted by molar-refractivity contribution is 5.79. The van der Waals surface area contributed by atoms with Crippen molar-refractivity contribution in [2.24, 2.45) is 4.99 Å². The zero-order valence-corrected chi connectivity index (χ0v) is 18.0. The fraction of sp³-hybridized carbons (Fsp3) is 0.476. The SMILES string of the molecule is CCNC(=NCc1ccc(OCC(F)(F)F)c(OC)c1)NCC(C)(O)c1ccc(C)o1. The molecule has 172 valence electrons. The Morgan fingerprint density at radius 2 is 1.90 bits per heavy atom. The number of hydrogen-bond donors (Lipinski definition) is 3.